The maximum Gasteiger partial charge on any atom is 0.489 e. The molecule has 3 aromatic rings. The number of benzene rings is 2. The van der Waals surface area contributed by atoms with E-state index in [1.807, 2.05) is 18.2 Å². The van der Waals surface area contributed by atoms with Crippen LogP contribution in [0, 0.1) is 0 Å². The molecule has 148 valence electrons. The molecule has 4 N–H and O–H groups in total. The summed E-state index contributed by atoms with van der Waals surface area (Å²) in [6, 6.07) is 13.6. The number of pyridine rings is 1. The average Bonchev–Trinajstić information content (AvgIpc) is 2.77. The van der Waals surface area contributed by atoms with Crippen molar-refractivity contribution in [2.45, 2.75) is 25.3 Å². The molecule has 0 unspecified atom stereocenters. The standard InChI is InChI=1S/C22H24BN3O3/c24-13-15-2-1-3-18(12-15)16-7-10-26(11-8-16)22(27)19-5-4-17-6-9-25-14-20(17)21(19)23(28)29/h1-6,9,12,14,16,28-29H,7-8,10-11,13,24H2. The Morgan fingerprint density at radius 2 is 1.97 bits per heavy atom. The molecule has 2 aromatic carbocycles. The quantitative estimate of drug-likeness (QED) is 0.586. The molecule has 1 aromatic heterocycles. The number of hydrogen-bond acceptors (Lipinski definition) is 5. The van der Waals surface area contributed by atoms with Gasteiger partial charge in [-0.2, -0.15) is 0 Å². The van der Waals surface area contributed by atoms with Crippen molar-refractivity contribution in [3.63, 3.8) is 0 Å². The van der Waals surface area contributed by atoms with Crippen LogP contribution >= 0.6 is 0 Å². The van der Waals surface area contributed by atoms with Crippen LogP contribution in [0.5, 0.6) is 0 Å². The van der Waals surface area contributed by atoms with Crippen molar-refractivity contribution >= 4 is 29.3 Å². The third-order valence-electron chi connectivity index (χ3n) is 5.79. The van der Waals surface area contributed by atoms with Crippen molar-refractivity contribution in [1.29, 1.82) is 0 Å². The van der Waals surface area contributed by atoms with Gasteiger partial charge in [0.05, 0.1) is 0 Å². The maximum absolute atomic E-state index is 13.2. The number of carbonyl (C=O) groups is 1. The fourth-order valence-electron chi connectivity index (χ4n) is 4.21. The van der Waals surface area contributed by atoms with E-state index >= 15 is 0 Å². The van der Waals surface area contributed by atoms with Crippen LogP contribution in [0.15, 0.2) is 54.9 Å². The average molecular weight is 389 g/mol. The van der Waals surface area contributed by atoms with E-state index in [1.54, 1.807) is 29.4 Å². The van der Waals surface area contributed by atoms with Gasteiger partial charge >= 0.3 is 7.12 Å². The Labute approximate surface area is 170 Å². The first kappa shape index (κ1) is 19.6. The van der Waals surface area contributed by atoms with Gasteiger partial charge < -0.3 is 20.7 Å². The van der Waals surface area contributed by atoms with Crippen molar-refractivity contribution < 1.29 is 14.8 Å². The highest BCUT2D eigenvalue weighted by Crippen LogP contribution is 2.29. The van der Waals surface area contributed by atoms with Gasteiger partial charge in [-0.1, -0.05) is 30.3 Å². The number of likely N-dealkylation sites (tertiary alicyclic amines) is 1. The van der Waals surface area contributed by atoms with E-state index in [1.165, 1.54) is 5.56 Å². The molecule has 29 heavy (non-hydrogen) atoms. The van der Waals surface area contributed by atoms with Crippen molar-refractivity contribution in [3.8, 4) is 0 Å². The molecule has 0 saturated carbocycles. The maximum atomic E-state index is 13.2. The number of nitrogens with zero attached hydrogens (tertiary/aromatic N) is 2. The minimum absolute atomic E-state index is 0.173. The molecular weight excluding hydrogens is 365 g/mol. The smallest absolute Gasteiger partial charge is 0.423 e. The highest BCUT2D eigenvalue weighted by Gasteiger charge is 2.29. The predicted octanol–water partition coefficient (Wildman–Crippen LogP) is 1.39. The second-order valence-electron chi connectivity index (χ2n) is 7.51. The number of hydrogen-bond donors (Lipinski definition) is 3. The number of amides is 1. The minimum atomic E-state index is -1.74. The Balaban J connectivity index is 1.55. The molecule has 6 nitrogen and oxygen atoms in total. The van der Waals surface area contributed by atoms with Gasteiger partial charge in [-0.3, -0.25) is 9.78 Å². The Hall–Kier alpha value is -2.74. The molecule has 2 heterocycles. The summed E-state index contributed by atoms with van der Waals surface area (Å²) in [7, 11) is -1.74. The third-order valence-corrected chi connectivity index (χ3v) is 5.79. The number of aromatic nitrogens is 1. The first-order valence-electron chi connectivity index (χ1n) is 9.89. The van der Waals surface area contributed by atoms with Crippen LogP contribution in [-0.4, -0.2) is 46.0 Å². The van der Waals surface area contributed by atoms with E-state index in [2.05, 4.69) is 17.1 Å². The summed E-state index contributed by atoms with van der Waals surface area (Å²) in [5, 5.41) is 21.3. The van der Waals surface area contributed by atoms with Gasteiger partial charge in [0.1, 0.15) is 0 Å². The number of carbonyl (C=O) groups excluding carboxylic acids is 1. The normalized spacial score (nSPS) is 14.9. The zero-order valence-electron chi connectivity index (χ0n) is 16.2. The Kier molecular flexibility index (Phi) is 5.62. The molecule has 0 bridgehead atoms. The zero-order chi connectivity index (χ0) is 20.4. The monoisotopic (exact) mass is 389 g/mol. The van der Waals surface area contributed by atoms with Crippen LogP contribution in [0.3, 0.4) is 0 Å². The molecule has 1 aliphatic heterocycles. The van der Waals surface area contributed by atoms with Crippen molar-refractivity contribution in [3.05, 3.63) is 71.5 Å². The van der Waals surface area contributed by atoms with Crippen LogP contribution < -0.4 is 11.2 Å². The molecule has 0 radical (unpaired) electrons. The van der Waals surface area contributed by atoms with E-state index in [4.69, 9.17) is 5.73 Å². The van der Waals surface area contributed by atoms with Crippen molar-refractivity contribution in [2.24, 2.45) is 5.73 Å². The summed E-state index contributed by atoms with van der Waals surface area (Å²) < 4.78 is 0. The van der Waals surface area contributed by atoms with Gasteiger partial charge in [-0.05, 0) is 47.4 Å². The molecule has 4 rings (SSSR count). The fourth-order valence-corrected chi connectivity index (χ4v) is 4.21. The first-order valence-corrected chi connectivity index (χ1v) is 9.89. The predicted molar refractivity (Wildman–Crippen MR) is 114 cm³/mol. The third kappa shape index (κ3) is 3.89. The van der Waals surface area contributed by atoms with Gasteiger partial charge in [-0.15, -0.1) is 0 Å². The van der Waals surface area contributed by atoms with Crippen LogP contribution in [0.4, 0.5) is 0 Å². The fraction of sp³-hybridized carbons (Fsp3) is 0.273. The van der Waals surface area contributed by atoms with Gasteiger partial charge in [0, 0.05) is 48.4 Å². The number of nitrogens with two attached hydrogens (primary N) is 1. The summed E-state index contributed by atoms with van der Waals surface area (Å²) in [5.41, 5.74) is 8.68. The molecule has 0 atom stereocenters. The topological polar surface area (TPSA) is 99.7 Å². The molecular formula is C22H24BN3O3. The molecule has 1 aliphatic rings. The minimum Gasteiger partial charge on any atom is -0.423 e. The SMILES string of the molecule is NCc1cccc(C2CCN(C(=O)c3ccc4ccncc4c3B(O)O)CC2)c1. The highest BCUT2D eigenvalue weighted by molar-refractivity contribution is 6.63. The number of piperidine rings is 1. The summed E-state index contributed by atoms with van der Waals surface area (Å²) in [6.45, 7) is 1.78. The zero-order valence-corrected chi connectivity index (χ0v) is 16.2. The van der Waals surface area contributed by atoms with Gasteiger partial charge in [0.2, 0.25) is 0 Å². The lowest BCUT2D eigenvalue weighted by Gasteiger charge is -2.33. The molecule has 1 fully saturated rings. The van der Waals surface area contributed by atoms with Crippen LogP contribution in [0.25, 0.3) is 10.8 Å². The van der Waals surface area contributed by atoms with Gasteiger partial charge in [0.15, 0.2) is 0 Å². The van der Waals surface area contributed by atoms with E-state index < -0.39 is 7.12 Å². The Morgan fingerprint density at radius 3 is 2.69 bits per heavy atom. The summed E-state index contributed by atoms with van der Waals surface area (Å²) in [6.07, 6.45) is 4.94. The first-order chi connectivity index (χ1) is 14.1. The lowest BCUT2D eigenvalue weighted by atomic mass is 9.74. The largest absolute Gasteiger partial charge is 0.489 e. The molecule has 0 aliphatic carbocycles. The van der Waals surface area contributed by atoms with Crippen LogP contribution in [0.2, 0.25) is 0 Å². The number of rotatable bonds is 4. The summed E-state index contributed by atoms with van der Waals surface area (Å²) in [4.78, 5) is 19.0. The highest BCUT2D eigenvalue weighted by atomic mass is 16.4. The summed E-state index contributed by atoms with van der Waals surface area (Å²) >= 11 is 0. The van der Waals surface area contributed by atoms with Crippen LogP contribution in [-0.2, 0) is 6.54 Å². The van der Waals surface area contributed by atoms with Crippen LogP contribution in [0.1, 0.15) is 40.2 Å². The van der Waals surface area contributed by atoms with Crippen molar-refractivity contribution in [2.75, 3.05) is 13.1 Å². The molecule has 7 heteroatoms. The lowest BCUT2D eigenvalue weighted by molar-refractivity contribution is 0.0714. The van der Waals surface area contributed by atoms with E-state index in [0.717, 1.165) is 23.8 Å². The van der Waals surface area contributed by atoms with Gasteiger partial charge in [-0.25, -0.2) is 0 Å². The van der Waals surface area contributed by atoms with E-state index in [-0.39, 0.29) is 11.4 Å². The molecule has 1 amide bonds. The Morgan fingerprint density at radius 1 is 1.17 bits per heavy atom. The molecule has 1 saturated heterocycles. The van der Waals surface area contributed by atoms with E-state index in [0.29, 0.717) is 36.5 Å². The van der Waals surface area contributed by atoms with Crippen molar-refractivity contribution in [1.82, 2.24) is 9.88 Å². The number of fused-ring (bicyclic) bond motifs is 1. The van der Waals surface area contributed by atoms with E-state index in [9.17, 15) is 14.8 Å². The Bertz CT molecular complexity index is 1030. The van der Waals surface area contributed by atoms with Gasteiger partial charge in [0.25, 0.3) is 5.91 Å². The summed E-state index contributed by atoms with van der Waals surface area (Å²) in [5.74, 6) is 0.224. The molecule has 0 spiro atoms. The second kappa shape index (κ2) is 8.33. The lowest BCUT2D eigenvalue weighted by Crippen LogP contribution is -2.43. The second-order valence-corrected chi connectivity index (χ2v) is 7.51.